The highest BCUT2D eigenvalue weighted by Gasteiger charge is 2.51. The zero-order valence-electron chi connectivity index (χ0n) is 15.9. The van der Waals surface area contributed by atoms with Crippen molar-refractivity contribution in [1.29, 1.82) is 0 Å². The Kier molecular flexibility index (Phi) is 4.54. The minimum Gasteiger partial charge on any atom is -0.347 e. The average Bonchev–Trinajstić information content (AvgIpc) is 2.55. The number of carbonyl (C=O) groups excluding carboxylic acids is 2. The van der Waals surface area contributed by atoms with Gasteiger partial charge in [-0.05, 0) is 98.8 Å². The van der Waals surface area contributed by atoms with Crippen molar-refractivity contribution in [2.45, 2.75) is 58.8 Å². The lowest BCUT2D eigenvalue weighted by molar-refractivity contribution is -0.131. The first kappa shape index (κ1) is 17.6. The number of anilines is 1. The van der Waals surface area contributed by atoms with E-state index in [0.717, 1.165) is 29.0 Å². The van der Waals surface area contributed by atoms with Crippen molar-refractivity contribution < 1.29 is 9.59 Å². The molecule has 1 aromatic rings. The van der Waals surface area contributed by atoms with E-state index in [2.05, 4.69) is 10.6 Å². The molecular weight excluding hydrogens is 324 g/mol. The van der Waals surface area contributed by atoms with E-state index < -0.39 is 0 Å². The third-order valence-electron chi connectivity index (χ3n) is 6.94. The fourth-order valence-electron chi connectivity index (χ4n) is 6.11. The van der Waals surface area contributed by atoms with Gasteiger partial charge in [0.05, 0.1) is 6.54 Å². The predicted molar refractivity (Wildman–Crippen MR) is 103 cm³/mol. The molecule has 0 saturated heterocycles. The van der Waals surface area contributed by atoms with E-state index in [1.807, 2.05) is 32.0 Å². The van der Waals surface area contributed by atoms with E-state index >= 15 is 0 Å². The number of hydrogen-bond acceptors (Lipinski definition) is 2. The Morgan fingerprint density at radius 3 is 2.15 bits per heavy atom. The van der Waals surface area contributed by atoms with Gasteiger partial charge in [-0.3, -0.25) is 9.59 Å². The van der Waals surface area contributed by atoms with E-state index in [1.165, 1.54) is 44.1 Å². The van der Waals surface area contributed by atoms with Crippen LogP contribution in [0.4, 0.5) is 5.69 Å². The number of hydrogen-bond donors (Lipinski definition) is 2. The Balaban J connectivity index is 1.27. The van der Waals surface area contributed by atoms with Crippen LogP contribution in [0.3, 0.4) is 0 Å². The van der Waals surface area contributed by atoms with Gasteiger partial charge in [-0.1, -0.05) is 6.07 Å². The molecule has 0 spiro atoms. The summed E-state index contributed by atoms with van der Waals surface area (Å²) in [6, 6.07) is 5.86. The van der Waals surface area contributed by atoms with Gasteiger partial charge in [-0.2, -0.15) is 0 Å². The summed E-state index contributed by atoms with van der Waals surface area (Å²) >= 11 is 0. The van der Waals surface area contributed by atoms with E-state index in [0.29, 0.717) is 6.42 Å². The summed E-state index contributed by atoms with van der Waals surface area (Å²) in [5.74, 6) is 2.43. The fraction of sp³-hybridized carbons (Fsp3) is 0.636. The topological polar surface area (TPSA) is 58.2 Å². The van der Waals surface area contributed by atoms with E-state index in [4.69, 9.17) is 0 Å². The summed E-state index contributed by atoms with van der Waals surface area (Å²) in [5.41, 5.74) is 3.36. The van der Waals surface area contributed by atoms with Crippen LogP contribution in [0.1, 0.15) is 56.1 Å². The molecule has 2 N–H and O–H groups in total. The molecule has 0 unspecified atom stereocenters. The van der Waals surface area contributed by atoms with Crippen LogP contribution >= 0.6 is 0 Å². The average molecular weight is 354 g/mol. The molecule has 4 aliphatic rings. The van der Waals surface area contributed by atoms with Gasteiger partial charge in [-0.15, -0.1) is 0 Å². The van der Waals surface area contributed by atoms with Crippen LogP contribution in [0.2, 0.25) is 0 Å². The molecule has 4 bridgehead atoms. The van der Waals surface area contributed by atoms with Crippen LogP contribution in [0.15, 0.2) is 18.2 Å². The maximum atomic E-state index is 12.5. The summed E-state index contributed by atoms with van der Waals surface area (Å²) in [4.78, 5) is 24.6. The van der Waals surface area contributed by atoms with Gasteiger partial charge in [0.15, 0.2) is 0 Å². The highest BCUT2D eigenvalue weighted by atomic mass is 16.2. The fourth-order valence-corrected chi connectivity index (χ4v) is 6.11. The van der Waals surface area contributed by atoms with Gasteiger partial charge in [0.1, 0.15) is 0 Å². The largest absolute Gasteiger partial charge is 0.347 e. The molecule has 4 fully saturated rings. The van der Waals surface area contributed by atoms with E-state index in [1.54, 1.807) is 0 Å². The van der Waals surface area contributed by atoms with E-state index in [-0.39, 0.29) is 23.8 Å². The zero-order valence-corrected chi connectivity index (χ0v) is 15.9. The van der Waals surface area contributed by atoms with Crippen LogP contribution in [0.5, 0.6) is 0 Å². The molecule has 140 valence electrons. The normalized spacial score (nSPS) is 31.7. The molecule has 0 aliphatic heterocycles. The second-order valence-electron chi connectivity index (χ2n) is 9.22. The third-order valence-corrected chi connectivity index (χ3v) is 6.94. The van der Waals surface area contributed by atoms with Gasteiger partial charge in [0.25, 0.3) is 0 Å². The van der Waals surface area contributed by atoms with Crippen LogP contribution < -0.4 is 10.6 Å². The summed E-state index contributed by atoms with van der Waals surface area (Å²) in [6.45, 7) is 4.13. The molecule has 2 amide bonds. The number of amides is 2. The molecule has 4 saturated carbocycles. The molecule has 26 heavy (non-hydrogen) atoms. The number of aryl methyl sites for hydroxylation is 2. The SMILES string of the molecule is Cc1ccc(NC(=O)CNC(=O)CC23CC4CC(CC(C4)C2)C3)cc1C. The summed E-state index contributed by atoms with van der Waals surface area (Å²) < 4.78 is 0. The van der Waals surface area contributed by atoms with Crippen LogP contribution in [-0.4, -0.2) is 18.4 Å². The van der Waals surface area contributed by atoms with Crippen LogP contribution in [0, 0.1) is 37.0 Å². The molecule has 4 aliphatic carbocycles. The lowest BCUT2D eigenvalue weighted by atomic mass is 9.49. The van der Waals surface area contributed by atoms with Gasteiger partial charge >= 0.3 is 0 Å². The van der Waals surface area contributed by atoms with Crippen LogP contribution in [-0.2, 0) is 9.59 Å². The molecule has 0 atom stereocenters. The maximum absolute atomic E-state index is 12.5. The summed E-state index contributed by atoms with van der Waals surface area (Å²) in [7, 11) is 0. The van der Waals surface area contributed by atoms with Gasteiger partial charge in [0.2, 0.25) is 11.8 Å². The molecule has 5 rings (SSSR count). The number of rotatable bonds is 5. The Morgan fingerprint density at radius 2 is 1.58 bits per heavy atom. The zero-order chi connectivity index (χ0) is 18.3. The monoisotopic (exact) mass is 354 g/mol. The molecule has 0 radical (unpaired) electrons. The molecular formula is C22H30N2O2. The first-order chi connectivity index (χ1) is 12.4. The quantitative estimate of drug-likeness (QED) is 0.841. The highest BCUT2D eigenvalue weighted by Crippen LogP contribution is 2.61. The molecule has 4 heteroatoms. The molecule has 0 aromatic heterocycles. The Bertz CT molecular complexity index is 690. The lowest BCUT2D eigenvalue weighted by Crippen LogP contribution is -2.48. The van der Waals surface area contributed by atoms with Crippen molar-refractivity contribution in [3.8, 4) is 0 Å². The summed E-state index contributed by atoms with van der Waals surface area (Å²) in [5, 5.41) is 5.72. The van der Waals surface area contributed by atoms with Crippen molar-refractivity contribution in [1.82, 2.24) is 5.32 Å². The first-order valence-corrected chi connectivity index (χ1v) is 10.0. The molecule has 4 nitrogen and oxygen atoms in total. The van der Waals surface area contributed by atoms with Crippen molar-refractivity contribution in [3.63, 3.8) is 0 Å². The second-order valence-corrected chi connectivity index (χ2v) is 9.22. The first-order valence-electron chi connectivity index (χ1n) is 10.0. The Hall–Kier alpha value is -1.84. The minimum atomic E-state index is -0.160. The van der Waals surface area contributed by atoms with Crippen molar-refractivity contribution in [2.75, 3.05) is 11.9 Å². The number of benzene rings is 1. The molecule has 1 aromatic carbocycles. The standard InChI is InChI=1S/C22H30N2O2/c1-14-3-4-19(5-15(14)2)24-21(26)13-23-20(25)12-22-9-16-6-17(10-22)8-18(7-16)11-22/h3-5,16-18H,6-13H2,1-2H3,(H,23,25)(H,24,26). The van der Waals surface area contributed by atoms with Gasteiger partial charge < -0.3 is 10.6 Å². The van der Waals surface area contributed by atoms with Gasteiger partial charge in [-0.25, -0.2) is 0 Å². The second kappa shape index (κ2) is 6.71. The third kappa shape index (κ3) is 3.65. The van der Waals surface area contributed by atoms with Crippen LogP contribution in [0.25, 0.3) is 0 Å². The maximum Gasteiger partial charge on any atom is 0.243 e. The lowest BCUT2D eigenvalue weighted by Gasteiger charge is -2.56. The minimum absolute atomic E-state index is 0.0437. The molecule has 0 heterocycles. The summed E-state index contributed by atoms with van der Waals surface area (Å²) in [6.07, 6.45) is 8.44. The Morgan fingerprint density at radius 1 is 0.962 bits per heavy atom. The number of carbonyl (C=O) groups is 2. The smallest absolute Gasteiger partial charge is 0.243 e. The van der Waals surface area contributed by atoms with Crippen molar-refractivity contribution in [2.24, 2.45) is 23.2 Å². The van der Waals surface area contributed by atoms with E-state index in [9.17, 15) is 9.59 Å². The van der Waals surface area contributed by atoms with Gasteiger partial charge in [0, 0.05) is 12.1 Å². The highest BCUT2D eigenvalue weighted by molar-refractivity contribution is 5.94. The van der Waals surface area contributed by atoms with Crippen molar-refractivity contribution in [3.05, 3.63) is 29.3 Å². The number of nitrogens with one attached hydrogen (secondary N) is 2. The predicted octanol–water partition coefficient (Wildman–Crippen LogP) is 3.96. The van der Waals surface area contributed by atoms with Crippen molar-refractivity contribution >= 4 is 17.5 Å². The Labute approximate surface area is 156 Å².